The lowest BCUT2D eigenvalue weighted by atomic mass is 10.1. The van der Waals surface area contributed by atoms with Crippen molar-refractivity contribution < 1.29 is 9.90 Å². The van der Waals surface area contributed by atoms with E-state index >= 15 is 0 Å². The van der Waals surface area contributed by atoms with E-state index in [1.54, 1.807) is 6.07 Å². The number of aliphatic carboxylic acids is 1. The number of benzene rings is 1. The summed E-state index contributed by atoms with van der Waals surface area (Å²) < 4.78 is 0.905. The van der Waals surface area contributed by atoms with Crippen LogP contribution in [0.2, 0.25) is 0 Å². The van der Waals surface area contributed by atoms with Gasteiger partial charge in [0, 0.05) is 16.0 Å². The standard InChI is InChI=1S/C10H7BrO2/c1-7-4-8(2-3-10(12)13)6-9(11)5-7/h4-6H,1H3,(H,12,13). The van der Waals surface area contributed by atoms with Crippen LogP contribution in [0.5, 0.6) is 0 Å². The predicted molar refractivity (Wildman–Crippen MR) is 53.4 cm³/mol. The molecule has 0 atom stereocenters. The molecular weight excluding hydrogens is 232 g/mol. The largest absolute Gasteiger partial charge is 0.472 e. The van der Waals surface area contributed by atoms with Crippen molar-refractivity contribution >= 4 is 21.9 Å². The van der Waals surface area contributed by atoms with Crippen LogP contribution in [0.25, 0.3) is 0 Å². The number of hydrogen-bond donors (Lipinski definition) is 1. The average Bonchev–Trinajstić information content (AvgIpc) is 1.99. The summed E-state index contributed by atoms with van der Waals surface area (Å²) in [6, 6.07) is 5.55. The molecule has 1 N–H and O–H groups in total. The molecule has 0 saturated carbocycles. The highest BCUT2D eigenvalue weighted by Gasteiger charge is 1.93. The summed E-state index contributed by atoms with van der Waals surface area (Å²) in [5.41, 5.74) is 1.75. The van der Waals surface area contributed by atoms with Crippen molar-refractivity contribution in [2.45, 2.75) is 6.92 Å². The van der Waals surface area contributed by atoms with Crippen molar-refractivity contribution in [1.82, 2.24) is 0 Å². The molecule has 0 radical (unpaired) electrons. The van der Waals surface area contributed by atoms with Crippen molar-refractivity contribution in [2.24, 2.45) is 0 Å². The van der Waals surface area contributed by atoms with E-state index in [4.69, 9.17) is 5.11 Å². The van der Waals surface area contributed by atoms with E-state index in [-0.39, 0.29) is 0 Å². The highest BCUT2D eigenvalue weighted by atomic mass is 79.9. The van der Waals surface area contributed by atoms with E-state index in [1.807, 2.05) is 19.1 Å². The summed E-state index contributed by atoms with van der Waals surface area (Å²) in [5, 5.41) is 8.33. The Morgan fingerprint density at radius 2 is 2.15 bits per heavy atom. The lowest BCUT2D eigenvalue weighted by Gasteiger charge is -1.95. The van der Waals surface area contributed by atoms with Crippen LogP contribution in [-0.2, 0) is 4.79 Å². The molecule has 0 spiro atoms. The first-order chi connectivity index (χ1) is 6.08. The van der Waals surface area contributed by atoms with Crippen LogP contribution in [-0.4, -0.2) is 11.1 Å². The number of halogens is 1. The molecule has 1 aromatic carbocycles. The quantitative estimate of drug-likeness (QED) is 0.704. The van der Waals surface area contributed by atoms with Gasteiger partial charge in [-0.2, -0.15) is 0 Å². The maximum atomic E-state index is 10.2. The molecular formula is C10H7BrO2. The average molecular weight is 239 g/mol. The Balaban J connectivity index is 3.04. The fraction of sp³-hybridized carbons (Fsp3) is 0.100. The van der Waals surface area contributed by atoms with Crippen LogP contribution in [0.1, 0.15) is 11.1 Å². The molecule has 0 unspecified atom stereocenters. The van der Waals surface area contributed by atoms with E-state index in [2.05, 4.69) is 27.8 Å². The molecule has 3 heteroatoms. The highest BCUT2D eigenvalue weighted by Crippen LogP contribution is 2.14. The van der Waals surface area contributed by atoms with Gasteiger partial charge in [0.1, 0.15) is 0 Å². The fourth-order valence-corrected chi connectivity index (χ4v) is 1.54. The molecule has 1 aromatic rings. The minimum atomic E-state index is -1.11. The van der Waals surface area contributed by atoms with Crippen molar-refractivity contribution in [3.63, 3.8) is 0 Å². The monoisotopic (exact) mass is 238 g/mol. The maximum absolute atomic E-state index is 10.2. The number of carboxylic acids is 1. The van der Waals surface area contributed by atoms with Gasteiger partial charge < -0.3 is 5.11 Å². The second-order valence-electron chi connectivity index (χ2n) is 2.57. The second-order valence-corrected chi connectivity index (χ2v) is 3.49. The highest BCUT2D eigenvalue weighted by molar-refractivity contribution is 9.10. The molecule has 0 aliphatic rings. The maximum Gasteiger partial charge on any atom is 0.382 e. The molecule has 0 heterocycles. The zero-order valence-corrected chi connectivity index (χ0v) is 8.55. The molecule has 0 aliphatic carbocycles. The fourth-order valence-electron chi connectivity index (χ4n) is 0.934. The van der Waals surface area contributed by atoms with Gasteiger partial charge in [-0.15, -0.1) is 0 Å². The number of carbonyl (C=O) groups is 1. The van der Waals surface area contributed by atoms with Crippen molar-refractivity contribution in [2.75, 3.05) is 0 Å². The van der Waals surface area contributed by atoms with E-state index in [0.29, 0.717) is 5.56 Å². The van der Waals surface area contributed by atoms with Gasteiger partial charge in [0.25, 0.3) is 0 Å². The number of rotatable bonds is 0. The van der Waals surface area contributed by atoms with Crippen LogP contribution in [0.3, 0.4) is 0 Å². The van der Waals surface area contributed by atoms with Gasteiger partial charge >= 0.3 is 5.97 Å². The SMILES string of the molecule is Cc1cc(Br)cc(C#CC(=O)O)c1. The molecule has 0 saturated heterocycles. The molecule has 1 rings (SSSR count). The zero-order valence-electron chi connectivity index (χ0n) is 6.97. The third-order valence-corrected chi connectivity index (χ3v) is 1.81. The molecule has 0 fully saturated rings. The van der Waals surface area contributed by atoms with Gasteiger partial charge in [-0.25, -0.2) is 4.79 Å². The van der Waals surface area contributed by atoms with Gasteiger partial charge in [-0.3, -0.25) is 0 Å². The summed E-state index contributed by atoms with van der Waals surface area (Å²) in [5.74, 6) is 3.49. The zero-order chi connectivity index (χ0) is 9.84. The van der Waals surface area contributed by atoms with Gasteiger partial charge in [-0.1, -0.05) is 21.9 Å². The lowest BCUT2D eigenvalue weighted by Crippen LogP contribution is -1.87. The Morgan fingerprint density at radius 1 is 1.46 bits per heavy atom. The van der Waals surface area contributed by atoms with E-state index in [0.717, 1.165) is 10.0 Å². The minimum absolute atomic E-state index is 0.703. The minimum Gasteiger partial charge on any atom is -0.472 e. The molecule has 0 amide bonds. The van der Waals surface area contributed by atoms with Gasteiger partial charge in [0.15, 0.2) is 0 Å². The Bertz CT molecular complexity index is 379. The van der Waals surface area contributed by atoms with Crippen molar-refractivity contribution in [3.8, 4) is 11.8 Å². The van der Waals surface area contributed by atoms with Gasteiger partial charge in [0.05, 0.1) is 0 Å². The predicted octanol–water partition coefficient (Wildman–Crippen LogP) is 2.19. The van der Waals surface area contributed by atoms with Gasteiger partial charge in [0.2, 0.25) is 0 Å². The summed E-state index contributed by atoms with van der Waals surface area (Å²) in [6.45, 7) is 1.93. The number of aryl methyl sites for hydroxylation is 1. The van der Waals surface area contributed by atoms with Crippen molar-refractivity contribution in [1.29, 1.82) is 0 Å². The summed E-state index contributed by atoms with van der Waals surface area (Å²) in [7, 11) is 0. The molecule has 0 aliphatic heterocycles. The summed E-state index contributed by atoms with van der Waals surface area (Å²) in [4.78, 5) is 10.2. The molecule has 0 bridgehead atoms. The molecule has 2 nitrogen and oxygen atoms in total. The lowest BCUT2D eigenvalue weighted by molar-refractivity contribution is -0.130. The van der Waals surface area contributed by atoms with Crippen LogP contribution in [0, 0.1) is 18.8 Å². The molecule has 66 valence electrons. The third-order valence-electron chi connectivity index (χ3n) is 1.36. The smallest absolute Gasteiger partial charge is 0.382 e. The Morgan fingerprint density at radius 3 is 2.69 bits per heavy atom. The van der Waals surface area contributed by atoms with Crippen molar-refractivity contribution in [3.05, 3.63) is 33.8 Å². The van der Waals surface area contributed by atoms with Crippen LogP contribution >= 0.6 is 15.9 Å². The number of hydrogen-bond acceptors (Lipinski definition) is 1. The van der Waals surface area contributed by atoms with E-state index in [9.17, 15) is 4.79 Å². The van der Waals surface area contributed by atoms with E-state index in [1.165, 1.54) is 0 Å². The van der Waals surface area contributed by atoms with Crippen LogP contribution in [0.4, 0.5) is 0 Å². The molecule has 13 heavy (non-hydrogen) atoms. The first-order valence-electron chi connectivity index (χ1n) is 3.60. The van der Waals surface area contributed by atoms with Gasteiger partial charge in [-0.05, 0) is 30.7 Å². The Kier molecular flexibility index (Phi) is 3.10. The first kappa shape index (κ1) is 9.82. The normalized spacial score (nSPS) is 8.77. The molecule has 0 aromatic heterocycles. The number of carboxylic acid groups (broad SMARTS) is 1. The second kappa shape index (κ2) is 4.11. The van der Waals surface area contributed by atoms with Crippen LogP contribution < -0.4 is 0 Å². The van der Waals surface area contributed by atoms with Crippen LogP contribution in [0.15, 0.2) is 22.7 Å². The topological polar surface area (TPSA) is 37.3 Å². The Labute approximate surface area is 84.7 Å². The summed E-state index contributed by atoms with van der Waals surface area (Å²) >= 11 is 3.30. The summed E-state index contributed by atoms with van der Waals surface area (Å²) in [6.07, 6.45) is 0. The first-order valence-corrected chi connectivity index (χ1v) is 4.39. The van der Waals surface area contributed by atoms with E-state index < -0.39 is 5.97 Å². The third kappa shape index (κ3) is 3.30. The Hall–Kier alpha value is -1.27.